The minimum Gasteiger partial charge on any atom is -0.494 e. The van der Waals surface area contributed by atoms with Crippen molar-refractivity contribution in [2.75, 3.05) is 26.7 Å². The average Bonchev–Trinajstić information content (AvgIpc) is 3.39. The van der Waals surface area contributed by atoms with Crippen LogP contribution in [0.15, 0.2) is 24.7 Å². The monoisotopic (exact) mass is 391 g/mol. The molecular formula is C21H25N7O. The predicted molar refractivity (Wildman–Crippen MR) is 109 cm³/mol. The second kappa shape index (κ2) is 6.87. The molecule has 150 valence electrons. The number of nitriles is 1. The zero-order valence-corrected chi connectivity index (χ0v) is 17.0. The molecule has 0 radical (unpaired) electrons. The third-order valence-corrected chi connectivity index (χ3v) is 6.35. The highest BCUT2D eigenvalue weighted by atomic mass is 16.5. The van der Waals surface area contributed by atoms with Gasteiger partial charge in [0.2, 0.25) is 0 Å². The van der Waals surface area contributed by atoms with Crippen molar-refractivity contribution in [2.24, 2.45) is 0 Å². The first-order valence-corrected chi connectivity index (χ1v) is 10.1. The molecule has 5 heterocycles. The lowest BCUT2D eigenvalue weighted by Gasteiger charge is -2.43. The van der Waals surface area contributed by atoms with Gasteiger partial charge >= 0.3 is 0 Å². The number of pyridine rings is 1. The molecule has 2 aliphatic heterocycles. The van der Waals surface area contributed by atoms with Gasteiger partial charge in [0, 0.05) is 54.7 Å². The number of fused-ring (bicyclic) bond motifs is 1. The quantitative estimate of drug-likeness (QED) is 0.732. The molecule has 2 aliphatic rings. The molecule has 29 heavy (non-hydrogen) atoms. The Labute approximate surface area is 169 Å². The lowest BCUT2D eigenvalue weighted by Crippen LogP contribution is -2.53. The molecule has 5 rings (SSSR count). The van der Waals surface area contributed by atoms with Crippen LogP contribution in [0.3, 0.4) is 0 Å². The van der Waals surface area contributed by atoms with E-state index < -0.39 is 0 Å². The van der Waals surface area contributed by atoms with E-state index in [0.29, 0.717) is 35.0 Å². The summed E-state index contributed by atoms with van der Waals surface area (Å²) in [5.74, 6) is 0.640. The number of aromatic nitrogens is 4. The molecule has 3 aromatic heterocycles. The summed E-state index contributed by atoms with van der Waals surface area (Å²) < 4.78 is 9.41. The van der Waals surface area contributed by atoms with Crippen molar-refractivity contribution in [3.8, 4) is 22.9 Å². The Balaban J connectivity index is 1.41. The van der Waals surface area contributed by atoms with Crippen molar-refractivity contribution in [3.63, 3.8) is 0 Å². The van der Waals surface area contributed by atoms with E-state index in [1.165, 1.54) is 6.42 Å². The van der Waals surface area contributed by atoms with Gasteiger partial charge in [-0.25, -0.2) is 4.52 Å². The van der Waals surface area contributed by atoms with E-state index in [1.807, 2.05) is 18.5 Å². The van der Waals surface area contributed by atoms with E-state index in [9.17, 15) is 5.26 Å². The zero-order valence-electron chi connectivity index (χ0n) is 17.0. The summed E-state index contributed by atoms with van der Waals surface area (Å²) in [7, 11) is 1.62. The van der Waals surface area contributed by atoms with E-state index >= 15 is 0 Å². The Bertz CT molecular complexity index is 1100. The Hall–Kier alpha value is -2.89. The van der Waals surface area contributed by atoms with Gasteiger partial charge in [-0.1, -0.05) is 0 Å². The van der Waals surface area contributed by atoms with Crippen LogP contribution in [-0.4, -0.2) is 63.1 Å². The molecule has 2 atom stereocenters. The van der Waals surface area contributed by atoms with E-state index in [1.54, 1.807) is 17.8 Å². The number of likely N-dealkylation sites (tertiary alicyclic amines) is 1. The van der Waals surface area contributed by atoms with Gasteiger partial charge in [-0.15, -0.1) is 0 Å². The molecule has 0 bridgehead atoms. The fourth-order valence-electron chi connectivity index (χ4n) is 4.67. The Morgan fingerprint density at radius 3 is 2.76 bits per heavy atom. The van der Waals surface area contributed by atoms with Gasteiger partial charge in [-0.05, 0) is 26.3 Å². The van der Waals surface area contributed by atoms with Crippen molar-refractivity contribution in [2.45, 2.75) is 38.4 Å². The van der Waals surface area contributed by atoms with Crippen LogP contribution >= 0.6 is 0 Å². The second-order valence-corrected chi connectivity index (χ2v) is 8.16. The lowest BCUT2D eigenvalue weighted by atomic mass is 10.0. The van der Waals surface area contributed by atoms with Crippen LogP contribution < -0.4 is 10.1 Å². The predicted octanol–water partition coefficient (Wildman–Crippen LogP) is 1.99. The van der Waals surface area contributed by atoms with E-state index in [2.05, 4.69) is 39.9 Å². The topological polar surface area (TPSA) is 83.4 Å². The van der Waals surface area contributed by atoms with Crippen LogP contribution in [0, 0.1) is 18.3 Å². The number of rotatable bonds is 4. The molecule has 0 amide bonds. The molecule has 3 aromatic rings. The molecule has 1 N–H and O–H groups in total. The smallest absolute Gasteiger partial charge is 0.146 e. The van der Waals surface area contributed by atoms with Crippen LogP contribution in [-0.2, 0) is 0 Å². The van der Waals surface area contributed by atoms with Gasteiger partial charge in [-0.2, -0.15) is 15.5 Å². The van der Waals surface area contributed by atoms with Crippen molar-refractivity contribution in [1.82, 2.24) is 29.6 Å². The fraction of sp³-hybridized carbons (Fsp3) is 0.476. The number of hydrogen-bond acceptors (Lipinski definition) is 6. The maximum Gasteiger partial charge on any atom is 0.146 e. The van der Waals surface area contributed by atoms with Gasteiger partial charge in [-0.3, -0.25) is 9.58 Å². The molecular weight excluding hydrogens is 366 g/mol. The summed E-state index contributed by atoms with van der Waals surface area (Å²) in [6, 6.07) is 5.82. The van der Waals surface area contributed by atoms with Crippen LogP contribution in [0.5, 0.6) is 5.75 Å². The lowest BCUT2D eigenvalue weighted by molar-refractivity contribution is 0.0587. The summed E-state index contributed by atoms with van der Waals surface area (Å²) in [5.41, 5.74) is 4.38. The normalized spacial score (nSPS) is 22.7. The van der Waals surface area contributed by atoms with E-state index in [-0.39, 0.29) is 0 Å². The SMILES string of the molecule is COc1cc(-c2cnn(C3CN([C@H]4CN[C@H](C)C4)C3)c2C)cn2ncc(C#N)c12. The number of ether oxygens (including phenoxy) is 1. The Kier molecular flexibility index (Phi) is 4.30. The van der Waals surface area contributed by atoms with Crippen molar-refractivity contribution < 1.29 is 4.74 Å². The number of methoxy groups -OCH3 is 1. The summed E-state index contributed by atoms with van der Waals surface area (Å²) in [4.78, 5) is 2.56. The van der Waals surface area contributed by atoms with Crippen molar-refractivity contribution >= 4 is 5.52 Å². The summed E-state index contributed by atoms with van der Waals surface area (Å²) in [6.45, 7) is 7.56. The summed E-state index contributed by atoms with van der Waals surface area (Å²) in [6.07, 6.45) is 6.65. The van der Waals surface area contributed by atoms with Crippen LogP contribution in [0.2, 0.25) is 0 Å². The van der Waals surface area contributed by atoms with Gasteiger partial charge in [0.05, 0.1) is 25.5 Å². The van der Waals surface area contributed by atoms with Gasteiger partial charge in [0.25, 0.3) is 0 Å². The maximum atomic E-state index is 9.31. The Morgan fingerprint density at radius 1 is 1.24 bits per heavy atom. The average molecular weight is 391 g/mol. The molecule has 8 nitrogen and oxygen atoms in total. The number of nitrogens with one attached hydrogen (secondary N) is 1. The van der Waals surface area contributed by atoms with Gasteiger partial charge < -0.3 is 10.1 Å². The first-order valence-electron chi connectivity index (χ1n) is 10.1. The molecule has 2 fully saturated rings. The highest BCUT2D eigenvalue weighted by Gasteiger charge is 2.37. The standard InChI is InChI=1S/C21H25N7O/c1-13-4-17(8-23-13)26-11-18(12-26)28-14(2)19(9-25-28)15-5-20(29-3)21-16(6-22)7-24-27(21)10-15/h5,7,9-10,13,17-18,23H,4,8,11-12H2,1-3H3/t13-,17-/m1/s1. The van der Waals surface area contributed by atoms with E-state index in [4.69, 9.17) is 9.84 Å². The van der Waals surface area contributed by atoms with Crippen LogP contribution in [0.1, 0.15) is 30.6 Å². The fourth-order valence-corrected chi connectivity index (χ4v) is 4.67. The zero-order chi connectivity index (χ0) is 20.1. The van der Waals surface area contributed by atoms with Crippen molar-refractivity contribution in [1.29, 1.82) is 5.26 Å². The largest absolute Gasteiger partial charge is 0.494 e. The Morgan fingerprint density at radius 2 is 2.07 bits per heavy atom. The van der Waals surface area contributed by atoms with E-state index in [0.717, 1.165) is 36.5 Å². The molecule has 0 saturated carbocycles. The first kappa shape index (κ1) is 18.2. The molecule has 0 aliphatic carbocycles. The number of hydrogen-bond donors (Lipinski definition) is 1. The van der Waals surface area contributed by atoms with Gasteiger partial charge in [0.1, 0.15) is 22.9 Å². The maximum absolute atomic E-state index is 9.31. The van der Waals surface area contributed by atoms with Crippen LogP contribution in [0.4, 0.5) is 0 Å². The molecule has 2 saturated heterocycles. The molecule has 0 unspecified atom stereocenters. The third-order valence-electron chi connectivity index (χ3n) is 6.35. The molecule has 0 spiro atoms. The summed E-state index contributed by atoms with van der Waals surface area (Å²) >= 11 is 0. The summed E-state index contributed by atoms with van der Waals surface area (Å²) in [5, 5.41) is 21.9. The van der Waals surface area contributed by atoms with Gasteiger partial charge in [0.15, 0.2) is 0 Å². The number of nitrogens with zero attached hydrogens (tertiary/aromatic N) is 6. The minimum atomic E-state index is 0.417. The molecule has 0 aromatic carbocycles. The van der Waals surface area contributed by atoms with Crippen LogP contribution in [0.25, 0.3) is 16.6 Å². The second-order valence-electron chi connectivity index (χ2n) is 8.16. The van der Waals surface area contributed by atoms with Crippen molar-refractivity contribution in [3.05, 3.63) is 35.9 Å². The highest BCUT2D eigenvalue weighted by Crippen LogP contribution is 2.34. The minimum absolute atomic E-state index is 0.417. The third kappa shape index (κ3) is 2.89. The highest BCUT2D eigenvalue weighted by molar-refractivity contribution is 5.75. The molecule has 8 heteroatoms. The first-order chi connectivity index (χ1) is 14.1.